The fourth-order valence-corrected chi connectivity index (χ4v) is 3.33. The van der Waals surface area contributed by atoms with E-state index in [1.807, 2.05) is 43.4 Å². The lowest BCUT2D eigenvalue weighted by Crippen LogP contribution is -3.06. The molecule has 0 saturated heterocycles. The first-order chi connectivity index (χ1) is 14.0. The van der Waals surface area contributed by atoms with E-state index in [1.54, 1.807) is 6.07 Å². The summed E-state index contributed by atoms with van der Waals surface area (Å²) in [6.07, 6.45) is 4.98. The van der Waals surface area contributed by atoms with E-state index in [0.717, 1.165) is 43.8 Å². The van der Waals surface area contributed by atoms with E-state index in [-0.39, 0.29) is 17.7 Å². The molecule has 2 amide bonds. The van der Waals surface area contributed by atoms with E-state index in [2.05, 4.69) is 16.8 Å². The second-order valence-electron chi connectivity index (χ2n) is 8.14. The number of nitrogens with zero attached hydrogens (tertiary/aromatic N) is 2. The highest BCUT2D eigenvalue weighted by molar-refractivity contribution is 5.91. The number of carbonyl (C=O) groups excluding carboxylic acids is 2. The number of likely N-dealkylation sites (N-methyl/N-ethyl adjacent to an activating group) is 1. The van der Waals surface area contributed by atoms with Gasteiger partial charge in [-0.15, -0.1) is 0 Å². The topological polar surface area (TPSA) is 71.9 Å². The van der Waals surface area contributed by atoms with Crippen LogP contribution in [0.25, 0.3) is 0 Å². The maximum Gasteiger partial charge on any atom is 0.287 e. The molecular formula is C22H33N4O3+. The van der Waals surface area contributed by atoms with Crippen molar-refractivity contribution < 1.29 is 18.9 Å². The van der Waals surface area contributed by atoms with Crippen molar-refractivity contribution in [1.29, 1.82) is 0 Å². The molecule has 0 radical (unpaired) electrons. The molecule has 1 aliphatic rings. The second-order valence-corrected chi connectivity index (χ2v) is 8.14. The molecule has 2 aromatic heterocycles. The molecule has 2 heterocycles. The summed E-state index contributed by atoms with van der Waals surface area (Å²) in [6.45, 7) is 5.50. The molecule has 2 aromatic rings. The van der Waals surface area contributed by atoms with Crippen LogP contribution in [-0.2, 0) is 17.9 Å². The van der Waals surface area contributed by atoms with Crippen molar-refractivity contribution in [2.75, 3.05) is 33.7 Å². The Morgan fingerprint density at radius 3 is 2.76 bits per heavy atom. The van der Waals surface area contributed by atoms with E-state index < -0.39 is 0 Å². The van der Waals surface area contributed by atoms with Gasteiger partial charge in [-0.1, -0.05) is 6.92 Å². The van der Waals surface area contributed by atoms with Gasteiger partial charge in [0.05, 0.1) is 40.3 Å². The minimum absolute atomic E-state index is 0.186. The zero-order chi connectivity index (χ0) is 20.8. The quantitative estimate of drug-likeness (QED) is 0.593. The standard InChI is InChI=1S/C22H32N4O3/c1-4-12-26(22(28)17-7-8-17)15-18-6-5-13-25(18)16-19-9-10-20(29-19)21(27)23-11-14-24(2)3/h5-6,9-10,13,17H,4,7-8,11-12,14-16H2,1-3H3,(H,23,27)/p+1. The van der Waals surface area contributed by atoms with Gasteiger partial charge in [-0.3, -0.25) is 9.59 Å². The third-order valence-electron chi connectivity index (χ3n) is 5.13. The Bertz CT molecular complexity index is 820. The molecule has 0 aliphatic heterocycles. The summed E-state index contributed by atoms with van der Waals surface area (Å²) < 4.78 is 7.84. The number of amides is 2. The fourth-order valence-electron chi connectivity index (χ4n) is 3.33. The van der Waals surface area contributed by atoms with Gasteiger partial charge in [0.2, 0.25) is 5.91 Å². The molecule has 0 unspecified atom stereocenters. The number of carbonyl (C=O) groups is 2. The molecule has 0 atom stereocenters. The van der Waals surface area contributed by atoms with Crippen molar-refractivity contribution >= 4 is 11.8 Å². The van der Waals surface area contributed by atoms with Crippen LogP contribution < -0.4 is 10.2 Å². The Labute approximate surface area is 172 Å². The normalized spacial score (nSPS) is 13.7. The molecular weight excluding hydrogens is 368 g/mol. The summed E-state index contributed by atoms with van der Waals surface area (Å²) in [4.78, 5) is 28.0. The van der Waals surface area contributed by atoms with E-state index in [4.69, 9.17) is 4.42 Å². The molecule has 0 bridgehead atoms. The van der Waals surface area contributed by atoms with Crippen LogP contribution >= 0.6 is 0 Å². The lowest BCUT2D eigenvalue weighted by atomic mass is 10.3. The van der Waals surface area contributed by atoms with E-state index in [9.17, 15) is 9.59 Å². The number of rotatable bonds is 11. The highest BCUT2D eigenvalue weighted by Gasteiger charge is 2.33. The fraction of sp³-hybridized carbons (Fsp3) is 0.545. The molecule has 1 aliphatic carbocycles. The van der Waals surface area contributed by atoms with Crippen molar-refractivity contribution in [1.82, 2.24) is 14.8 Å². The molecule has 7 heteroatoms. The number of quaternary nitrogens is 1. The molecule has 2 N–H and O–H groups in total. The number of aromatic nitrogens is 1. The number of nitrogens with one attached hydrogen (secondary N) is 2. The Hall–Kier alpha value is -2.54. The highest BCUT2D eigenvalue weighted by Crippen LogP contribution is 2.31. The second kappa shape index (κ2) is 9.78. The third kappa shape index (κ3) is 5.97. The Morgan fingerprint density at radius 1 is 1.28 bits per heavy atom. The van der Waals surface area contributed by atoms with Crippen molar-refractivity contribution in [3.05, 3.63) is 47.7 Å². The Kier molecular flexibility index (Phi) is 7.14. The van der Waals surface area contributed by atoms with Crippen molar-refractivity contribution in [3.63, 3.8) is 0 Å². The van der Waals surface area contributed by atoms with Crippen LogP contribution in [0.1, 0.15) is 48.2 Å². The van der Waals surface area contributed by atoms with Crippen molar-refractivity contribution in [3.8, 4) is 0 Å². The van der Waals surface area contributed by atoms with Gasteiger partial charge in [-0.05, 0) is 43.5 Å². The largest absolute Gasteiger partial charge is 0.454 e. The SMILES string of the molecule is CCCN(Cc1cccn1Cc1ccc(C(=O)NCC[NH+](C)C)o1)C(=O)C1CC1. The Balaban J connectivity index is 1.60. The van der Waals surface area contributed by atoms with Gasteiger partial charge in [-0.2, -0.15) is 0 Å². The van der Waals surface area contributed by atoms with Crippen molar-refractivity contribution in [2.24, 2.45) is 5.92 Å². The van der Waals surface area contributed by atoms with E-state index >= 15 is 0 Å². The molecule has 158 valence electrons. The van der Waals surface area contributed by atoms with Crippen LogP contribution in [0.15, 0.2) is 34.9 Å². The average Bonchev–Trinajstić information content (AvgIpc) is 3.28. The first-order valence-electron chi connectivity index (χ1n) is 10.6. The average molecular weight is 402 g/mol. The minimum Gasteiger partial charge on any atom is -0.454 e. The molecule has 7 nitrogen and oxygen atoms in total. The Morgan fingerprint density at radius 2 is 2.07 bits per heavy atom. The van der Waals surface area contributed by atoms with Gasteiger partial charge >= 0.3 is 0 Å². The first-order valence-corrected chi connectivity index (χ1v) is 10.6. The molecule has 3 rings (SSSR count). The monoisotopic (exact) mass is 401 g/mol. The van der Waals surface area contributed by atoms with Gasteiger partial charge in [0.15, 0.2) is 5.76 Å². The maximum atomic E-state index is 12.6. The minimum atomic E-state index is -0.186. The number of hydrogen-bond donors (Lipinski definition) is 2. The molecule has 29 heavy (non-hydrogen) atoms. The predicted octanol–water partition coefficient (Wildman–Crippen LogP) is 1.15. The third-order valence-corrected chi connectivity index (χ3v) is 5.13. The van der Waals surface area contributed by atoms with Gasteiger partial charge in [-0.25, -0.2) is 0 Å². The summed E-state index contributed by atoms with van der Waals surface area (Å²) >= 11 is 0. The lowest BCUT2D eigenvalue weighted by molar-refractivity contribution is -0.856. The molecule has 1 saturated carbocycles. The lowest BCUT2D eigenvalue weighted by Gasteiger charge is -2.23. The van der Waals surface area contributed by atoms with Gasteiger partial charge < -0.3 is 24.1 Å². The van der Waals surface area contributed by atoms with Gasteiger partial charge in [0.25, 0.3) is 5.91 Å². The van der Waals surface area contributed by atoms with Crippen LogP contribution in [0, 0.1) is 5.92 Å². The van der Waals surface area contributed by atoms with Gasteiger partial charge in [0, 0.05) is 24.4 Å². The van der Waals surface area contributed by atoms with Crippen molar-refractivity contribution in [2.45, 2.75) is 39.3 Å². The summed E-state index contributed by atoms with van der Waals surface area (Å²) in [6, 6.07) is 7.59. The maximum absolute atomic E-state index is 12.6. The van der Waals surface area contributed by atoms with Crippen LogP contribution in [0.2, 0.25) is 0 Å². The summed E-state index contributed by atoms with van der Waals surface area (Å²) in [5.41, 5.74) is 1.07. The highest BCUT2D eigenvalue weighted by atomic mass is 16.4. The van der Waals surface area contributed by atoms with Crippen LogP contribution in [0.5, 0.6) is 0 Å². The summed E-state index contributed by atoms with van der Waals surface area (Å²) in [5.74, 6) is 1.37. The van der Waals surface area contributed by atoms with E-state index in [0.29, 0.717) is 25.4 Å². The van der Waals surface area contributed by atoms with Crippen LogP contribution in [0.3, 0.4) is 0 Å². The number of furan rings is 1. The molecule has 1 fully saturated rings. The number of hydrogen-bond acceptors (Lipinski definition) is 3. The smallest absolute Gasteiger partial charge is 0.287 e. The van der Waals surface area contributed by atoms with Crippen LogP contribution in [0.4, 0.5) is 0 Å². The predicted molar refractivity (Wildman–Crippen MR) is 111 cm³/mol. The molecule has 0 aromatic carbocycles. The van der Waals surface area contributed by atoms with Gasteiger partial charge in [0.1, 0.15) is 5.76 Å². The first kappa shape index (κ1) is 21.2. The van der Waals surface area contributed by atoms with E-state index in [1.165, 1.54) is 4.90 Å². The summed E-state index contributed by atoms with van der Waals surface area (Å²) in [5, 5.41) is 2.88. The zero-order valence-electron chi connectivity index (χ0n) is 17.7. The molecule has 0 spiro atoms. The summed E-state index contributed by atoms with van der Waals surface area (Å²) in [7, 11) is 4.09. The van der Waals surface area contributed by atoms with Crippen LogP contribution in [-0.4, -0.2) is 55.0 Å². The zero-order valence-corrected chi connectivity index (χ0v) is 17.7.